The first-order valence-electron chi connectivity index (χ1n) is 5.69. The number of hydrogen-bond acceptors (Lipinski definition) is 4. The Labute approximate surface area is 100 Å². The second-order valence-corrected chi connectivity index (χ2v) is 4.24. The zero-order valence-corrected chi connectivity index (χ0v) is 9.80. The maximum absolute atomic E-state index is 10.6. The summed E-state index contributed by atoms with van der Waals surface area (Å²) in [5, 5.41) is 8.68. The first-order valence-corrected chi connectivity index (χ1v) is 5.69. The van der Waals surface area contributed by atoms with Crippen LogP contribution in [-0.4, -0.2) is 47.2 Å². The van der Waals surface area contributed by atoms with E-state index < -0.39 is 5.97 Å². The summed E-state index contributed by atoms with van der Waals surface area (Å²) >= 11 is 0. The Morgan fingerprint density at radius 3 is 2.88 bits per heavy atom. The number of likely N-dealkylation sites (N-methyl/N-ethyl adjacent to an activating group) is 1. The smallest absolute Gasteiger partial charge is 0.354 e. The molecule has 1 aliphatic carbocycles. The Kier molecular flexibility index (Phi) is 3.58. The molecule has 1 aromatic heterocycles. The van der Waals surface area contributed by atoms with Gasteiger partial charge in [0.1, 0.15) is 18.1 Å². The predicted molar refractivity (Wildman–Crippen MR) is 62.3 cm³/mol. The Balaban J connectivity index is 1.76. The van der Waals surface area contributed by atoms with E-state index in [0.29, 0.717) is 12.4 Å². The number of aromatic nitrogens is 1. The number of hydrogen-bond donors (Lipinski definition) is 1. The second kappa shape index (κ2) is 5.14. The van der Waals surface area contributed by atoms with Gasteiger partial charge in [-0.25, -0.2) is 9.78 Å². The van der Waals surface area contributed by atoms with Crippen molar-refractivity contribution in [3.8, 4) is 5.75 Å². The summed E-state index contributed by atoms with van der Waals surface area (Å²) in [5.41, 5.74) is 0.0347. The van der Waals surface area contributed by atoms with E-state index in [-0.39, 0.29) is 5.69 Å². The van der Waals surface area contributed by atoms with E-state index in [1.165, 1.54) is 25.1 Å². The van der Waals surface area contributed by atoms with Crippen LogP contribution in [0.1, 0.15) is 23.3 Å². The third-order valence-corrected chi connectivity index (χ3v) is 2.84. The minimum atomic E-state index is -1.02. The molecule has 1 saturated carbocycles. The third-order valence-electron chi connectivity index (χ3n) is 2.84. The van der Waals surface area contributed by atoms with Gasteiger partial charge in [0.15, 0.2) is 0 Å². The summed E-state index contributed by atoms with van der Waals surface area (Å²) in [6.07, 6.45) is 4.01. The van der Waals surface area contributed by atoms with Crippen LogP contribution >= 0.6 is 0 Å². The van der Waals surface area contributed by atoms with Crippen molar-refractivity contribution in [3.05, 3.63) is 24.0 Å². The van der Waals surface area contributed by atoms with Gasteiger partial charge in [0.2, 0.25) is 0 Å². The minimum absolute atomic E-state index is 0.0347. The molecule has 0 atom stereocenters. The lowest BCUT2D eigenvalue weighted by Gasteiger charge is -2.15. The van der Waals surface area contributed by atoms with Crippen molar-refractivity contribution < 1.29 is 14.6 Å². The second-order valence-electron chi connectivity index (χ2n) is 4.24. The highest BCUT2D eigenvalue weighted by molar-refractivity contribution is 5.85. The molecule has 2 rings (SSSR count). The summed E-state index contributed by atoms with van der Waals surface area (Å²) in [7, 11) is 2.09. The van der Waals surface area contributed by atoms with Gasteiger partial charge < -0.3 is 14.7 Å². The molecule has 0 unspecified atom stereocenters. The van der Waals surface area contributed by atoms with Gasteiger partial charge in [-0.2, -0.15) is 0 Å². The van der Waals surface area contributed by atoms with E-state index in [2.05, 4.69) is 16.9 Å². The van der Waals surface area contributed by atoms with Crippen LogP contribution in [0.3, 0.4) is 0 Å². The normalized spacial score (nSPS) is 14.9. The fraction of sp³-hybridized carbons (Fsp3) is 0.500. The summed E-state index contributed by atoms with van der Waals surface area (Å²) < 4.78 is 5.49. The molecule has 1 aromatic rings. The number of aromatic carboxylic acids is 1. The van der Waals surface area contributed by atoms with Gasteiger partial charge in [-0.05, 0) is 32.0 Å². The Morgan fingerprint density at radius 2 is 2.35 bits per heavy atom. The van der Waals surface area contributed by atoms with Crippen molar-refractivity contribution in [2.24, 2.45) is 0 Å². The molecule has 1 heterocycles. The number of carbonyl (C=O) groups is 1. The van der Waals surface area contributed by atoms with Gasteiger partial charge in [-0.15, -0.1) is 0 Å². The molecular weight excluding hydrogens is 220 g/mol. The van der Waals surface area contributed by atoms with Crippen molar-refractivity contribution in [1.29, 1.82) is 0 Å². The van der Waals surface area contributed by atoms with Crippen LogP contribution in [0.2, 0.25) is 0 Å². The largest absolute Gasteiger partial charge is 0.491 e. The number of carboxylic acids is 1. The lowest BCUT2D eigenvalue weighted by Crippen LogP contribution is -2.26. The van der Waals surface area contributed by atoms with Gasteiger partial charge in [-0.3, -0.25) is 0 Å². The average Bonchev–Trinajstić information content (AvgIpc) is 3.13. The van der Waals surface area contributed by atoms with Crippen LogP contribution in [0.25, 0.3) is 0 Å². The summed E-state index contributed by atoms with van der Waals surface area (Å²) in [4.78, 5) is 16.6. The highest BCUT2D eigenvalue weighted by Gasteiger charge is 2.25. The van der Waals surface area contributed by atoms with E-state index in [0.717, 1.165) is 12.6 Å². The van der Waals surface area contributed by atoms with Gasteiger partial charge >= 0.3 is 5.97 Å². The van der Waals surface area contributed by atoms with Crippen LogP contribution in [0.5, 0.6) is 5.75 Å². The standard InChI is InChI=1S/C12H16N2O3/c1-14(9-2-3-9)6-7-17-10-4-5-11(12(15)16)13-8-10/h4-5,8-9H,2-3,6-7H2,1H3,(H,15,16). The van der Waals surface area contributed by atoms with Gasteiger partial charge in [0, 0.05) is 12.6 Å². The molecular formula is C12H16N2O3. The molecule has 0 saturated heterocycles. The monoisotopic (exact) mass is 236 g/mol. The van der Waals surface area contributed by atoms with Crippen LogP contribution in [0, 0.1) is 0 Å². The van der Waals surface area contributed by atoms with Crippen molar-refractivity contribution in [2.45, 2.75) is 18.9 Å². The molecule has 5 nitrogen and oxygen atoms in total. The molecule has 1 fully saturated rings. The van der Waals surface area contributed by atoms with Crippen LogP contribution in [0.4, 0.5) is 0 Å². The Morgan fingerprint density at radius 1 is 1.59 bits per heavy atom. The molecule has 0 amide bonds. The fourth-order valence-corrected chi connectivity index (χ4v) is 1.60. The molecule has 0 spiro atoms. The average molecular weight is 236 g/mol. The maximum atomic E-state index is 10.6. The lowest BCUT2D eigenvalue weighted by atomic mass is 10.3. The zero-order chi connectivity index (χ0) is 12.3. The summed E-state index contributed by atoms with van der Waals surface area (Å²) in [6, 6.07) is 3.81. The SMILES string of the molecule is CN(CCOc1ccc(C(=O)O)nc1)C1CC1. The zero-order valence-electron chi connectivity index (χ0n) is 9.80. The van der Waals surface area contributed by atoms with Crippen molar-refractivity contribution >= 4 is 5.97 Å². The van der Waals surface area contributed by atoms with E-state index in [9.17, 15) is 4.79 Å². The van der Waals surface area contributed by atoms with E-state index >= 15 is 0 Å². The van der Waals surface area contributed by atoms with Crippen molar-refractivity contribution in [2.75, 3.05) is 20.2 Å². The third kappa shape index (κ3) is 3.42. The predicted octanol–water partition coefficient (Wildman–Crippen LogP) is 1.25. The first-order chi connectivity index (χ1) is 8.16. The highest BCUT2D eigenvalue weighted by atomic mass is 16.5. The molecule has 0 aromatic carbocycles. The van der Waals surface area contributed by atoms with Gasteiger partial charge in [-0.1, -0.05) is 0 Å². The number of pyridine rings is 1. The molecule has 1 N–H and O–H groups in total. The Bertz CT molecular complexity index is 387. The summed E-state index contributed by atoms with van der Waals surface area (Å²) in [6.45, 7) is 1.48. The van der Waals surface area contributed by atoms with Crippen LogP contribution in [0.15, 0.2) is 18.3 Å². The number of carboxylic acid groups (broad SMARTS) is 1. The number of nitrogens with zero attached hydrogens (tertiary/aromatic N) is 2. The van der Waals surface area contributed by atoms with E-state index in [1.807, 2.05) is 0 Å². The van der Waals surface area contributed by atoms with Crippen LogP contribution < -0.4 is 4.74 Å². The molecule has 1 aliphatic rings. The molecule has 0 aliphatic heterocycles. The topological polar surface area (TPSA) is 62.7 Å². The fourth-order valence-electron chi connectivity index (χ4n) is 1.60. The molecule has 0 radical (unpaired) electrons. The van der Waals surface area contributed by atoms with Crippen molar-refractivity contribution in [1.82, 2.24) is 9.88 Å². The molecule has 17 heavy (non-hydrogen) atoms. The van der Waals surface area contributed by atoms with E-state index in [1.54, 1.807) is 6.07 Å². The molecule has 5 heteroatoms. The van der Waals surface area contributed by atoms with Gasteiger partial charge in [0.05, 0.1) is 6.20 Å². The lowest BCUT2D eigenvalue weighted by molar-refractivity contribution is 0.0690. The number of ether oxygens (including phenoxy) is 1. The maximum Gasteiger partial charge on any atom is 0.354 e. The van der Waals surface area contributed by atoms with Crippen molar-refractivity contribution in [3.63, 3.8) is 0 Å². The molecule has 92 valence electrons. The Hall–Kier alpha value is -1.62. The van der Waals surface area contributed by atoms with Crippen LogP contribution in [-0.2, 0) is 0 Å². The number of rotatable bonds is 6. The highest BCUT2D eigenvalue weighted by Crippen LogP contribution is 2.24. The first kappa shape index (κ1) is 11.9. The quantitative estimate of drug-likeness (QED) is 0.805. The van der Waals surface area contributed by atoms with Gasteiger partial charge in [0.25, 0.3) is 0 Å². The minimum Gasteiger partial charge on any atom is -0.491 e. The summed E-state index contributed by atoms with van der Waals surface area (Å²) in [5.74, 6) is -0.413. The molecule has 0 bridgehead atoms. The van der Waals surface area contributed by atoms with E-state index in [4.69, 9.17) is 9.84 Å².